The summed E-state index contributed by atoms with van der Waals surface area (Å²) in [7, 11) is -4.07. The first-order chi connectivity index (χ1) is 11.8. The predicted octanol–water partition coefficient (Wildman–Crippen LogP) is 2.64. The first-order valence-corrected chi connectivity index (χ1v) is 9.61. The highest BCUT2D eigenvalue weighted by atomic mass is 35.5. The summed E-state index contributed by atoms with van der Waals surface area (Å²) in [4.78, 5) is 11.5. The van der Waals surface area contributed by atoms with E-state index in [9.17, 15) is 17.6 Å². The Labute approximate surface area is 149 Å². The molecule has 1 aromatic heterocycles. The molecule has 10 heteroatoms. The lowest BCUT2D eigenvalue weighted by atomic mass is 10.2. The van der Waals surface area contributed by atoms with Gasteiger partial charge in [-0.05, 0) is 18.6 Å². The number of hydrogen-bond donors (Lipinski definition) is 1. The van der Waals surface area contributed by atoms with Crippen LogP contribution in [0.25, 0.3) is 0 Å². The van der Waals surface area contributed by atoms with Crippen molar-refractivity contribution in [3.05, 3.63) is 40.5 Å². The maximum atomic E-state index is 13.8. The zero-order chi connectivity index (χ0) is 18.4. The number of carbonyl (C=O) groups is 1. The highest BCUT2D eigenvalue weighted by Gasteiger charge is 2.25. The summed E-state index contributed by atoms with van der Waals surface area (Å²) in [5.74, 6) is -1.69. The smallest absolute Gasteiger partial charge is 0.335 e. The number of rotatable bonds is 8. The van der Waals surface area contributed by atoms with Crippen molar-refractivity contribution in [3.8, 4) is 0 Å². The molecule has 0 spiro atoms. The van der Waals surface area contributed by atoms with Crippen molar-refractivity contribution in [2.75, 3.05) is 0 Å². The van der Waals surface area contributed by atoms with Gasteiger partial charge in [0.1, 0.15) is 5.82 Å². The highest BCUT2D eigenvalue weighted by Crippen LogP contribution is 2.24. The molecule has 0 aliphatic rings. The number of halogens is 2. The number of benzene rings is 1. The summed E-state index contributed by atoms with van der Waals surface area (Å²) in [6.07, 6.45) is 2.00. The summed E-state index contributed by atoms with van der Waals surface area (Å²) in [5.41, 5.74) is -0.170. The molecule has 2 rings (SSSR count). The van der Waals surface area contributed by atoms with Crippen LogP contribution in [0.5, 0.6) is 0 Å². The van der Waals surface area contributed by atoms with Crippen LogP contribution in [0, 0.1) is 5.82 Å². The molecule has 0 aliphatic carbocycles. The van der Waals surface area contributed by atoms with E-state index in [2.05, 4.69) is 15.5 Å². The molecule has 1 amide bonds. The Kier molecular flexibility index (Phi) is 6.49. The van der Waals surface area contributed by atoms with Crippen LogP contribution in [0.3, 0.4) is 0 Å². The van der Waals surface area contributed by atoms with Gasteiger partial charge in [0.05, 0.1) is 12.3 Å². The van der Waals surface area contributed by atoms with Crippen LogP contribution in [0.1, 0.15) is 37.6 Å². The van der Waals surface area contributed by atoms with Gasteiger partial charge < -0.3 is 9.73 Å². The molecule has 0 aliphatic heterocycles. The average Bonchev–Trinajstić information content (AvgIpc) is 3.04. The molecule has 0 radical (unpaired) electrons. The second-order valence-electron chi connectivity index (χ2n) is 5.30. The minimum Gasteiger partial charge on any atom is -0.411 e. The van der Waals surface area contributed by atoms with E-state index in [0.29, 0.717) is 6.42 Å². The molecule has 0 fully saturated rings. The van der Waals surface area contributed by atoms with E-state index < -0.39 is 26.6 Å². The quantitative estimate of drug-likeness (QED) is 0.744. The van der Waals surface area contributed by atoms with Crippen molar-refractivity contribution in [1.29, 1.82) is 0 Å². The zero-order valence-corrected chi connectivity index (χ0v) is 15.0. The summed E-state index contributed by atoms with van der Waals surface area (Å²) in [6, 6.07) is 3.88. The number of carbonyl (C=O) groups excluding carboxylic acids is 1. The van der Waals surface area contributed by atoms with Gasteiger partial charge in [0.15, 0.2) is 0 Å². The van der Waals surface area contributed by atoms with Crippen molar-refractivity contribution in [1.82, 2.24) is 15.5 Å². The summed E-state index contributed by atoms with van der Waals surface area (Å²) in [6.45, 7) is 1.88. The third-order valence-electron chi connectivity index (χ3n) is 3.30. The van der Waals surface area contributed by atoms with Gasteiger partial charge in [-0.2, -0.15) is 0 Å². The molecule has 136 valence electrons. The third kappa shape index (κ3) is 5.23. The van der Waals surface area contributed by atoms with E-state index in [-0.39, 0.29) is 28.9 Å². The Bertz CT molecular complexity index is 834. The van der Waals surface area contributed by atoms with Crippen LogP contribution in [0.2, 0.25) is 5.02 Å². The lowest BCUT2D eigenvalue weighted by Crippen LogP contribution is -2.22. The van der Waals surface area contributed by atoms with Gasteiger partial charge in [-0.1, -0.05) is 36.1 Å². The maximum Gasteiger partial charge on any atom is 0.335 e. The molecule has 0 bridgehead atoms. The second kappa shape index (κ2) is 8.39. The number of sulfone groups is 1. The summed E-state index contributed by atoms with van der Waals surface area (Å²) in [5, 5.41) is 8.94. The SMILES string of the molecule is CCCCC(=O)NCc1nnc(S(=O)(=O)Cc2c(F)cccc2Cl)o1. The molecule has 1 heterocycles. The lowest BCUT2D eigenvalue weighted by Gasteiger charge is -2.04. The van der Waals surface area contributed by atoms with Gasteiger partial charge in [0, 0.05) is 17.0 Å². The molecule has 1 N–H and O–H groups in total. The van der Waals surface area contributed by atoms with Crippen molar-refractivity contribution < 1.29 is 22.0 Å². The molecule has 7 nitrogen and oxygen atoms in total. The number of amides is 1. The minimum atomic E-state index is -4.07. The topological polar surface area (TPSA) is 102 Å². The highest BCUT2D eigenvalue weighted by molar-refractivity contribution is 7.90. The van der Waals surface area contributed by atoms with E-state index in [4.69, 9.17) is 16.0 Å². The van der Waals surface area contributed by atoms with Crippen LogP contribution in [-0.4, -0.2) is 24.5 Å². The molecular formula is C15H17ClFN3O4S. The first-order valence-electron chi connectivity index (χ1n) is 7.58. The standard InChI is InChI=1S/C15H17ClFN3O4S/c1-2-3-7-13(21)18-8-14-19-20-15(24-14)25(22,23)9-10-11(16)5-4-6-12(10)17/h4-6H,2-3,7-9H2,1H3,(H,18,21). The van der Waals surface area contributed by atoms with Gasteiger partial charge in [-0.3, -0.25) is 4.79 Å². The second-order valence-corrected chi connectivity index (χ2v) is 7.58. The van der Waals surface area contributed by atoms with Gasteiger partial charge >= 0.3 is 5.22 Å². The number of nitrogens with zero attached hydrogens (tertiary/aromatic N) is 2. The van der Waals surface area contributed by atoms with Gasteiger partial charge in [0.25, 0.3) is 0 Å². The number of hydrogen-bond acceptors (Lipinski definition) is 6. The number of nitrogens with one attached hydrogen (secondary N) is 1. The molecule has 0 atom stereocenters. The zero-order valence-electron chi connectivity index (χ0n) is 13.5. The molecule has 0 saturated carbocycles. The number of unbranched alkanes of at least 4 members (excludes halogenated alkanes) is 1. The van der Waals surface area contributed by atoms with Crippen LogP contribution in [0.15, 0.2) is 27.8 Å². The van der Waals surface area contributed by atoms with E-state index in [0.717, 1.165) is 18.9 Å². The molecule has 0 unspecified atom stereocenters. The normalized spacial score (nSPS) is 11.5. The predicted molar refractivity (Wildman–Crippen MR) is 88.0 cm³/mol. The molecular weight excluding hydrogens is 373 g/mol. The van der Waals surface area contributed by atoms with E-state index >= 15 is 0 Å². The van der Waals surface area contributed by atoms with Crippen LogP contribution >= 0.6 is 11.6 Å². The summed E-state index contributed by atoms with van der Waals surface area (Å²) >= 11 is 5.84. The number of aromatic nitrogens is 2. The van der Waals surface area contributed by atoms with E-state index in [1.807, 2.05) is 6.92 Å². The molecule has 0 saturated heterocycles. The fraction of sp³-hybridized carbons (Fsp3) is 0.400. The molecule has 1 aromatic carbocycles. The third-order valence-corrected chi connectivity index (χ3v) is 5.02. The first kappa shape index (κ1) is 19.3. The van der Waals surface area contributed by atoms with Gasteiger partial charge in [0.2, 0.25) is 21.6 Å². The Morgan fingerprint density at radius 3 is 2.80 bits per heavy atom. The van der Waals surface area contributed by atoms with E-state index in [1.165, 1.54) is 12.1 Å². The largest absolute Gasteiger partial charge is 0.411 e. The van der Waals surface area contributed by atoms with Crippen molar-refractivity contribution in [2.24, 2.45) is 0 Å². The lowest BCUT2D eigenvalue weighted by molar-refractivity contribution is -0.121. The Morgan fingerprint density at radius 1 is 1.36 bits per heavy atom. The van der Waals surface area contributed by atoms with Crippen LogP contribution in [-0.2, 0) is 26.9 Å². The Balaban J connectivity index is 2.06. The van der Waals surface area contributed by atoms with Crippen molar-refractivity contribution >= 4 is 27.3 Å². The molecule has 25 heavy (non-hydrogen) atoms. The average molecular weight is 390 g/mol. The minimum absolute atomic E-state index is 0.00787. The van der Waals surface area contributed by atoms with E-state index in [1.54, 1.807) is 0 Å². The van der Waals surface area contributed by atoms with Crippen molar-refractivity contribution in [3.63, 3.8) is 0 Å². The fourth-order valence-electron chi connectivity index (χ4n) is 1.96. The Hall–Kier alpha value is -2.00. The monoisotopic (exact) mass is 389 g/mol. The van der Waals surface area contributed by atoms with Gasteiger partial charge in [-0.25, -0.2) is 12.8 Å². The molecule has 2 aromatic rings. The van der Waals surface area contributed by atoms with Crippen LogP contribution in [0.4, 0.5) is 4.39 Å². The van der Waals surface area contributed by atoms with Crippen molar-refractivity contribution in [2.45, 2.75) is 43.7 Å². The fourth-order valence-corrected chi connectivity index (χ4v) is 3.45. The van der Waals surface area contributed by atoms with Crippen LogP contribution < -0.4 is 5.32 Å². The van der Waals surface area contributed by atoms with Gasteiger partial charge in [-0.15, -0.1) is 5.10 Å². The maximum absolute atomic E-state index is 13.8. The Morgan fingerprint density at radius 2 is 2.12 bits per heavy atom. The summed E-state index contributed by atoms with van der Waals surface area (Å²) < 4.78 is 43.4.